The zero-order valence-electron chi connectivity index (χ0n) is 12.8. The molecule has 2 aromatic heterocycles. The molecule has 2 heterocycles. The quantitative estimate of drug-likeness (QED) is 0.909. The molecule has 6 heteroatoms. The zero-order valence-corrected chi connectivity index (χ0v) is 12.8. The van der Waals surface area contributed by atoms with Crippen molar-refractivity contribution in [2.75, 3.05) is 12.4 Å². The first kappa shape index (κ1) is 15.0. The van der Waals surface area contributed by atoms with Gasteiger partial charge in [-0.15, -0.1) is 0 Å². The number of pyridine rings is 1. The molecule has 0 aromatic carbocycles. The maximum absolute atomic E-state index is 12.1. The smallest absolute Gasteiger partial charge is 0.269 e. The Labute approximate surface area is 123 Å². The van der Waals surface area contributed by atoms with E-state index >= 15 is 0 Å². The average Bonchev–Trinajstić information content (AvgIpc) is 2.40. The first-order chi connectivity index (χ1) is 9.97. The number of anilines is 1. The summed E-state index contributed by atoms with van der Waals surface area (Å²) in [7, 11) is 1.61. The molecule has 6 nitrogen and oxygen atoms in total. The van der Waals surface area contributed by atoms with E-state index in [1.165, 1.54) is 4.68 Å². The fourth-order valence-corrected chi connectivity index (χ4v) is 2.02. The summed E-state index contributed by atoms with van der Waals surface area (Å²) in [6.07, 6.45) is 1.65. The topological polar surface area (TPSA) is 69.0 Å². The Morgan fingerprint density at radius 1 is 1.33 bits per heavy atom. The number of aryl methyl sites for hydroxylation is 1. The van der Waals surface area contributed by atoms with E-state index in [4.69, 9.17) is 4.74 Å². The Kier molecular flexibility index (Phi) is 4.57. The molecule has 2 aromatic rings. The number of aromatic nitrogens is 3. The normalized spacial score (nSPS) is 10.7. The molecule has 112 valence electrons. The Hall–Kier alpha value is -2.37. The highest BCUT2D eigenvalue weighted by Crippen LogP contribution is 2.13. The molecule has 0 saturated carbocycles. The van der Waals surface area contributed by atoms with Crippen LogP contribution in [0.4, 0.5) is 5.69 Å². The van der Waals surface area contributed by atoms with E-state index in [9.17, 15) is 4.79 Å². The summed E-state index contributed by atoms with van der Waals surface area (Å²) in [5.41, 5.74) is 2.14. The fraction of sp³-hybridized carbons (Fsp3) is 0.400. The van der Waals surface area contributed by atoms with Gasteiger partial charge in [-0.25, -0.2) is 4.68 Å². The van der Waals surface area contributed by atoms with Crippen LogP contribution < -0.4 is 15.6 Å². The van der Waals surface area contributed by atoms with E-state index in [1.807, 2.05) is 26.8 Å². The minimum absolute atomic E-state index is 0.164. The van der Waals surface area contributed by atoms with Gasteiger partial charge in [-0.1, -0.05) is 0 Å². The first-order valence-electron chi connectivity index (χ1n) is 6.83. The van der Waals surface area contributed by atoms with Crippen LogP contribution in [0, 0.1) is 6.92 Å². The van der Waals surface area contributed by atoms with Crippen LogP contribution in [-0.4, -0.2) is 27.9 Å². The van der Waals surface area contributed by atoms with Crippen molar-refractivity contribution in [1.82, 2.24) is 14.8 Å². The lowest BCUT2D eigenvalue weighted by Crippen LogP contribution is -2.24. The van der Waals surface area contributed by atoms with Crippen molar-refractivity contribution in [3.05, 3.63) is 46.1 Å². The molecule has 0 saturated heterocycles. The van der Waals surface area contributed by atoms with Crippen molar-refractivity contribution in [2.24, 2.45) is 0 Å². The molecule has 0 bridgehead atoms. The lowest BCUT2D eigenvalue weighted by molar-refractivity contribution is 0.412. The van der Waals surface area contributed by atoms with Gasteiger partial charge >= 0.3 is 0 Å². The number of hydrogen-bond donors (Lipinski definition) is 1. The molecule has 21 heavy (non-hydrogen) atoms. The SMILES string of the molecule is COc1cc(C)nc(Cn2ncc(NC(C)C)cc2=O)c1. The van der Waals surface area contributed by atoms with Gasteiger partial charge in [0.2, 0.25) is 0 Å². The van der Waals surface area contributed by atoms with Crippen LogP contribution in [0.5, 0.6) is 5.75 Å². The van der Waals surface area contributed by atoms with Gasteiger partial charge < -0.3 is 10.1 Å². The molecular weight excluding hydrogens is 268 g/mol. The fourth-order valence-electron chi connectivity index (χ4n) is 2.02. The maximum Gasteiger partial charge on any atom is 0.269 e. The highest BCUT2D eigenvalue weighted by molar-refractivity contribution is 5.39. The van der Waals surface area contributed by atoms with Crippen molar-refractivity contribution in [2.45, 2.75) is 33.4 Å². The van der Waals surface area contributed by atoms with Crippen LogP contribution in [0.2, 0.25) is 0 Å². The number of methoxy groups -OCH3 is 1. The third-order valence-corrected chi connectivity index (χ3v) is 2.85. The van der Waals surface area contributed by atoms with Crippen LogP contribution in [0.25, 0.3) is 0 Å². The molecule has 0 spiro atoms. The molecule has 0 unspecified atom stereocenters. The van der Waals surface area contributed by atoms with E-state index in [0.717, 1.165) is 22.8 Å². The van der Waals surface area contributed by atoms with Crippen molar-refractivity contribution in [3.63, 3.8) is 0 Å². The van der Waals surface area contributed by atoms with Crippen molar-refractivity contribution >= 4 is 5.69 Å². The molecule has 0 aliphatic rings. The largest absolute Gasteiger partial charge is 0.497 e. The van der Waals surface area contributed by atoms with Crippen molar-refractivity contribution in [1.29, 1.82) is 0 Å². The van der Waals surface area contributed by atoms with Gasteiger partial charge in [-0.2, -0.15) is 5.10 Å². The zero-order chi connectivity index (χ0) is 15.4. The van der Waals surface area contributed by atoms with Crippen LogP contribution in [0.3, 0.4) is 0 Å². The summed E-state index contributed by atoms with van der Waals surface area (Å²) in [6.45, 7) is 6.22. The molecule has 0 radical (unpaired) electrons. The average molecular weight is 288 g/mol. The summed E-state index contributed by atoms with van der Waals surface area (Å²) < 4.78 is 6.59. The van der Waals surface area contributed by atoms with E-state index in [1.54, 1.807) is 25.4 Å². The van der Waals surface area contributed by atoms with Crippen LogP contribution in [-0.2, 0) is 6.54 Å². The Morgan fingerprint density at radius 3 is 2.71 bits per heavy atom. The van der Waals surface area contributed by atoms with Crippen LogP contribution in [0.1, 0.15) is 25.2 Å². The number of hydrogen-bond acceptors (Lipinski definition) is 5. The van der Waals surface area contributed by atoms with Gasteiger partial charge in [-0.05, 0) is 20.8 Å². The van der Waals surface area contributed by atoms with E-state index in [-0.39, 0.29) is 11.6 Å². The van der Waals surface area contributed by atoms with Gasteiger partial charge in [0.25, 0.3) is 5.56 Å². The van der Waals surface area contributed by atoms with Crippen molar-refractivity contribution < 1.29 is 4.74 Å². The monoisotopic (exact) mass is 288 g/mol. The molecule has 0 amide bonds. The van der Waals surface area contributed by atoms with Crippen LogP contribution in [0.15, 0.2) is 29.2 Å². The summed E-state index contributed by atoms with van der Waals surface area (Å²) >= 11 is 0. The Morgan fingerprint density at radius 2 is 2.10 bits per heavy atom. The third kappa shape index (κ3) is 4.05. The third-order valence-electron chi connectivity index (χ3n) is 2.85. The Bertz CT molecular complexity index is 680. The predicted octanol–water partition coefficient (Wildman–Crippen LogP) is 1.82. The van der Waals surface area contributed by atoms with Gasteiger partial charge in [0.15, 0.2) is 0 Å². The maximum atomic E-state index is 12.1. The minimum Gasteiger partial charge on any atom is -0.497 e. The Balaban J connectivity index is 2.24. The van der Waals surface area contributed by atoms with Gasteiger partial charge in [0, 0.05) is 29.9 Å². The second-order valence-corrected chi connectivity index (χ2v) is 5.18. The number of ether oxygens (including phenoxy) is 1. The molecule has 1 N–H and O–H groups in total. The number of nitrogens with zero attached hydrogens (tertiary/aromatic N) is 3. The lowest BCUT2D eigenvalue weighted by atomic mass is 10.3. The van der Waals surface area contributed by atoms with E-state index in [0.29, 0.717) is 6.54 Å². The molecule has 0 fully saturated rings. The van der Waals surface area contributed by atoms with Gasteiger partial charge in [0.1, 0.15) is 5.75 Å². The van der Waals surface area contributed by atoms with E-state index < -0.39 is 0 Å². The van der Waals surface area contributed by atoms with Gasteiger partial charge in [0.05, 0.1) is 31.2 Å². The molecule has 2 rings (SSSR count). The van der Waals surface area contributed by atoms with Crippen molar-refractivity contribution in [3.8, 4) is 5.75 Å². The van der Waals surface area contributed by atoms with Gasteiger partial charge in [-0.3, -0.25) is 9.78 Å². The predicted molar refractivity (Wildman–Crippen MR) is 81.9 cm³/mol. The molecule has 0 aliphatic carbocycles. The summed E-state index contributed by atoms with van der Waals surface area (Å²) in [4.78, 5) is 16.5. The number of nitrogens with one attached hydrogen (secondary N) is 1. The van der Waals surface area contributed by atoms with E-state index in [2.05, 4.69) is 15.4 Å². The molecule has 0 atom stereocenters. The summed E-state index contributed by atoms with van der Waals surface area (Å²) in [5, 5.41) is 7.33. The standard InChI is InChI=1S/C15H20N4O2/c1-10(2)17-12-7-15(20)19(16-8-12)9-13-6-14(21-4)5-11(3)18-13/h5-8,10,17H,9H2,1-4H3. The molecular formula is C15H20N4O2. The first-order valence-corrected chi connectivity index (χ1v) is 6.83. The highest BCUT2D eigenvalue weighted by Gasteiger charge is 2.05. The minimum atomic E-state index is -0.164. The highest BCUT2D eigenvalue weighted by atomic mass is 16.5. The van der Waals surface area contributed by atoms with Crippen LogP contribution >= 0.6 is 0 Å². The lowest BCUT2D eigenvalue weighted by Gasteiger charge is -2.11. The second kappa shape index (κ2) is 6.39. The second-order valence-electron chi connectivity index (χ2n) is 5.18. The molecule has 0 aliphatic heterocycles. The number of rotatable bonds is 5. The summed E-state index contributed by atoms with van der Waals surface area (Å²) in [6, 6.07) is 5.45. The summed E-state index contributed by atoms with van der Waals surface area (Å²) in [5.74, 6) is 0.726.